The van der Waals surface area contributed by atoms with Crippen LogP contribution in [0.4, 0.5) is 0 Å². The molecule has 0 aliphatic carbocycles. The van der Waals surface area contributed by atoms with Crippen LogP contribution in [0.15, 0.2) is 140 Å². The molecular weight excluding hydrogens is 462 g/mol. The molecule has 3 heteroatoms. The predicted octanol–water partition coefficient (Wildman–Crippen LogP) is 8.94. The van der Waals surface area contributed by atoms with Crippen molar-refractivity contribution in [1.82, 2.24) is 14.1 Å². The average Bonchev–Trinajstić information content (AvgIpc) is 3.51. The van der Waals surface area contributed by atoms with Gasteiger partial charge in [-0.25, -0.2) is 0 Å². The Bertz CT molecular complexity index is 2120. The summed E-state index contributed by atoms with van der Waals surface area (Å²) in [5.41, 5.74) is 9.29. The van der Waals surface area contributed by atoms with E-state index in [2.05, 4.69) is 137 Å². The first-order valence-corrected chi connectivity index (χ1v) is 12.9. The van der Waals surface area contributed by atoms with Crippen molar-refractivity contribution in [3.8, 4) is 22.5 Å². The molecule has 0 fully saturated rings. The maximum atomic E-state index is 4.75. The quantitative estimate of drug-likeness (QED) is 0.245. The van der Waals surface area contributed by atoms with Gasteiger partial charge in [-0.2, -0.15) is 0 Å². The fourth-order valence-corrected chi connectivity index (χ4v) is 5.98. The monoisotopic (exact) mass is 485 g/mol. The number of hydrogen-bond donors (Lipinski definition) is 0. The first kappa shape index (κ1) is 21.0. The number of rotatable bonds is 3. The lowest BCUT2D eigenvalue weighted by molar-refractivity contribution is 1.17. The van der Waals surface area contributed by atoms with Gasteiger partial charge in [-0.1, -0.05) is 84.9 Å². The van der Waals surface area contributed by atoms with Gasteiger partial charge in [0.05, 0.1) is 28.3 Å². The minimum absolute atomic E-state index is 1.11. The van der Waals surface area contributed by atoms with Crippen LogP contribution in [0.25, 0.3) is 66.1 Å². The van der Waals surface area contributed by atoms with Gasteiger partial charge < -0.3 is 9.13 Å². The maximum absolute atomic E-state index is 4.75. The van der Waals surface area contributed by atoms with Crippen molar-refractivity contribution >= 4 is 43.6 Å². The normalized spacial score (nSPS) is 11.7. The van der Waals surface area contributed by atoms with Crippen LogP contribution in [0.5, 0.6) is 0 Å². The summed E-state index contributed by atoms with van der Waals surface area (Å²) >= 11 is 0. The Balaban J connectivity index is 1.46. The van der Waals surface area contributed by atoms with Gasteiger partial charge in [0, 0.05) is 44.7 Å². The molecule has 0 spiro atoms. The van der Waals surface area contributed by atoms with Crippen molar-refractivity contribution < 1.29 is 0 Å². The number of pyridine rings is 1. The van der Waals surface area contributed by atoms with Crippen molar-refractivity contribution in [2.24, 2.45) is 0 Å². The molecular formula is C35H23N3. The smallest absolute Gasteiger partial charge is 0.0730 e. The van der Waals surface area contributed by atoms with Gasteiger partial charge in [0.2, 0.25) is 0 Å². The second-order valence-electron chi connectivity index (χ2n) is 9.69. The van der Waals surface area contributed by atoms with Crippen molar-refractivity contribution in [2.45, 2.75) is 0 Å². The van der Waals surface area contributed by atoms with E-state index in [1.165, 1.54) is 38.1 Å². The Labute approximate surface area is 219 Å². The third kappa shape index (κ3) is 2.99. The Morgan fingerprint density at radius 1 is 0.421 bits per heavy atom. The number of para-hydroxylation sites is 4. The minimum Gasteiger partial charge on any atom is -0.309 e. The summed E-state index contributed by atoms with van der Waals surface area (Å²) in [5.74, 6) is 0. The molecule has 0 aliphatic rings. The topological polar surface area (TPSA) is 22.8 Å². The zero-order valence-electron chi connectivity index (χ0n) is 20.6. The van der Waals surface area contributed by atoms with Crippen LogP contribution in [0.2, 0.25) is 0 Å². The zero-order chi connectivity index (χ0) is 25.1. The average molecular weight is 486 g/mol. The van der Waals surface area contributed by atoms with E-state index >= 15 is 0 Å². The highest BCUT2D eigenvalue weighted by Crippen LogP contribution is 2.40. The third-order valence-corrected chi connectivity index (χ3v) is 7.59. The lowest BCUT2D eigenvalue weighted by atomic mass is 10.00. The Morgan fingerprint density at radius 3 is 1.68 bits per heavy atom. The molecule has 0 saturated heterocycles. The largest absolute Gasteiger partial charge is 0.309 e. The van der Waals surface area contributed by atoms with E-state index in [0.29, 0.717) is 0 Å². The molecule has 8 rings (SSSR count). The second-order valence-corrected chi connectivity index (χ2v) is 9.69. The highest BCUT2D eigenvalue weighted by atomic mass is 15.0. The number of nitrogens with zero attached hydrogens (tertiary/aromatic N) is 3. The van der Waals surface area contributed by atoms with Gasteiger partial charge in [0.1, 0.15) is 0 Å². The fraction of sp³-hybridized carbons (Fsp3) is 0. The van der Waals surface area contributed by atoms with E-state index in [1.807, 2.05) is 12.4 Å². The molecule has 3 nitrogen and oxygen atoms in total. The lowest BCUT2D eigenvalue weighted by Crippen LogP contribution is -1.94. The summed E-state index contributed by atoms with van der Waals surface area (Å²) in [6, 6.07) is 45.3. The highest BCUT2D eigenvalue weighted by Gasteiger charge is 2.18. The van der Waals surface area contributed by atoms with E-state index in [-0.39, 0.29) is 0 Å². The molecule has 3 heterocycles. The predicted molar refractivity (Wildman–Crippen MR) is 158 cm³/mol. The van der Waals surface area contributed by atoms with Crippen LogP contribution < -0.4 is 0 Å². The van der Waals surface area contributed by atoms with Crippen molar-refractivity contribution in [3.63, 3.8) is 0 Å². The molecule has 3 aromatic heterocycles. The van der Waals surface area contributed by atoms with Crippen molar-refractivity contribution in [1.29, 1.82) is 0 Å². The molecule has 0 N–H and O–H groups in total. The van der Waals surface area contributed by atoms with Gasteiger partial charge >= 0.3 is 0 Å². The summed E-state index contributed by atoms with van der Waals surface area (Å²) in [6.07, 6.45) is 4.01. The van der Waals surface area contributed by atoms with Crippen molar-refractivity contribution in [3.05, 3.63) is 140 Å². The van der Waals surface area contributed by atoms with E-state index in [9.17, 15) is 0 Å². The second kappa shape index (κ2) is 8.19. The molecule has 8 aromatic rings. The minimum atomic E-state index is 1.11. The number of aromatic nitrogens is 3. The molecule has 0 bridgehead atoms. The molecule has 0 amide bonds. The number of fused-ring (bicyclic) bond motifs is 6. The maximum Gasteiger partial charge on any atom is 0.0730 e. The summed E-state index contributed by atoms with van der Waals surface area (Å²) < 4.78 is 4.69. The molecule has 0 saturated carbocycles. The number of benzene rings is 5. The molecule has 5 aromatic carbocycles. The molecule has 178 valence electrons. The van der Waals surface area contributed by atoms with Gasteiger partial charge in [0.25, 0.3) is 0 Å². The van der Waals surface area contributed by atoms with E-state index < -0.39 is 0 Å². The molecule has 0 radical (unpaired) electrons. The van der Waals surface area contributed by atoms with Gasteiger partial charge in [-0.05, 0) is 48.0 Å². The van der Waals surface area contributed by atoms with Crippen LogP contribution in [0.1, 0.15) is 0 Å². The Kier molecular flexibility index (Phi) is 4.52. The lowest BCUT2D eigenvalue weighted by Gasteiger charge is -2.10. The van der Waals surface area contributed by atoms with Gasteiger partial charge in [-0.3, -0.25) is 4.98 Å². The van der Waals surface area contributed by atoms with E-state index in [0.717, 1.165) is 28.0 Å². The number of hydrogen-bond acceptors (Lipinski definition) is 1. The molecule has 0 unspecified atom stereocenters. The zero-order valence-corrected chi connectivity index (χ0v) is 20.6. The van der Waals surface area contributed by atoms with Crippen LogP contribution >= 0.6 is 0 Å². The fourth-order valence-electron chi connectivity index (χ4n) is 5.98. The SMILES string of the molecule is c1ccc(-n2c3ccccc3c3ccc(-c4cncc5c4c4ccccc4n5-c4ccccc4)cc32)cc1. The Morgan fingerprint density at radius 2 is 0.974 bits per heavy atom. The molecule has 0 aliphatic heterocycles. The highest BCUT2D eigenvalue weighted by molar-refractivity contribution is 6.16. The first-order chi connectivity index (χ1) is 18.9. The third-order valence-electron chi connectivity index (χ3n) is 7.59. The first-order valence-electron chi connectivity index (χ1n) is 12.9. The van der Waals surface area contributed by atoms with Gasteiger partial charge in [-0.15, -0.1) is 0 Å². The molecule has 38 heavy (non-hydrogen) atoms. The summed E-state index contributed by atoms with van der Waals surface area (Å²) in [6.45, 7) is 0. The van der Waals surface area contributed by atoms with Crippen LogP contribution in [0, 0.1) is 0 Å². The van der Waals surface area contributed by atoms with Crippen LogP contribution in [0.3, 0.4) is 0 Å². The molecule has 0 atom stereocenters. The van der Waals surface area contributed by atoms with E-state index in [4.69, 9.17) is 4.98 Å². The van der Waals surface area contributed by atoms with Gasteiger partial charge in [0.15, 0.2) is 0 Å². The summed E-state index contributed by atoms with van der Waals surface area (Å²) in [5, 5.41) is 4.96. The van der Waals surface area contributed by atoms with Crippen molar-refractivity contribution in [2.75, 3.05) is 0 Å². The summed E-state index contributed by atoms with van der Waals surface area (Å²) in [7, 11) is 0. The van der Waals surface area contributed by atoms with Crippen LogP contribution in [-0.2, 0) is 0 Å². The van der Waals surface area contributed by atoms with Crippen LogP contribution in [-0.4, -0.2) is 14.1 Å². The van der Waals surface area contributed by atoms with E-state index in [1.54, 1.807) is 0 Å². The standard InChI is InChI=1S/C35H23N3/c1-3-11-25(12-4-1)37-31-17-9-7-15-27(31)28-20-19-24(21-33(28)37)30-22-36-23-34-35(30)29-16-8-10-18-32(29)38(34)26-13-5-2-6-14-26/h1-23H. The Hall–Kier alpha value is -5.15. The summed E-state index contributed by atoms with van der Waals surface area (Å²) in [4.78, 5) is 4.75.